The van der Waals surface area contributed by atoms with E-state index in [0.717, 1.165) is 58.7 Å². The van der Waals surface area contributed by atoms with E-state index >= 15 is 0 Å². The lowest BCUT2D eigenvalue weighted by Crippen LogP contribution is -2.41. The van der Waals surface area contributed by atoms with Crippen molar-refractivity contribution in [3.05, 3.63) is 65.7 Å². The van der Waals surface area contributed by atoms with Crippen LogP contribution in [0.1, 0.15) is 46.4 Å². The van der Waals surface area contributed by atoms with E-state index in [4.69, 9.17) is 20.4 Å². The van der Waals surface area contributed by atoms with Crippen molar-refractivity contribution in [2.24, 2.45) is 24.6 Å². The zero-order valence-corrected chi connectivity index (χ0v) is 25.8. The van der Waals surface area contributed by atoms with E-state index in [-0.39, 0.29) is 23.9 Å². The number of hydrogen-bond donors (Lipinski definition) is 2. The largest absolute Gasteiger partial charge is 0.494 e. The highest BCUT2D eigenvalue weighted by Gasteiger charge is 2.47. The maximum absolute atomic E-state index is 13.7. The normalized spacial score (nSPS) is 20.8. The van der Waals surface area contributed by atoms with Gasteiger partial charge in [0.1, 0.15) is 16.9 Å². The number of carbonyl (C=O) groups is 2. The number of piperidine rings is 1. The Balaban J connectivity index is 1.23. The minimum atomic E-state index is -0.129. The summed E-state index contributed by atoms with van der Waals surface area (Å²) in [5.41, 5.74) is 12.7. The van der Waals surface area contributed by atoms with Crippen molar-refractivity contribution in [1.82, 2.24) is 29.3 Å². The monoisotopic (exact) mass is 603 g/mol. The van der Waals surface area contributed by atoms with Crippen LogP contribution >= 0.6 is 0 Å². The minimum absolute atomic E-state index is 0.00915. The summed E-state index contributed by atoms with van der Waals surface area (Å²) >= 11 is 0. The van der Waals surface area contributed by atoms with E-state index < -0.39 is 0 Å². The molecule has 3 aromatic heterocycles. The number of nitrogens with two attached hydrogens (primary N) is 1. The highest BCUT2D eigenvalue weighted by atomic mass is 16.5. The molecule has 2 saturated carbocycles. The molecule has 45 heavy (non-hydrogen) atoms. The molecule has 8 rings (SSSR count). The molecule has 0 radical (unpaired) electrons. The summed E-state index contributed by atoms with van der Waals surface area (Å²) in [5, 5.41) is 3.72. The predicted octanol–water partition coefficient (Wildman–Crippen LogP) is 4.60. The van der Waals surface area contributed by atoms with Crippen LogP contribution in [0.4, 0.5) is 0 Å². The second-order valence-corrected chi connectivity index (χ2v) is 12.8. The average molecular weight is 604 g/mol. The summed E-state index contributed by atoms with van der Waals surface area (Å²) in [7, 11) is 5.26. The second kappa shape index (κ2) is 10.4. The van der Waals surface area contributed by atoms with Crippen LogP contribution in [0.2, 0.25) is 0 Å². The van der Waals surface area contributed by atoms with Crippen molar-refractivity contribution in [1.29, 1.82) is 0 Å². The number of methoxy groups -OCH3 is 1. The maximum Gasteiger partial charge on any atom is 0.254 e. The lowest BCUT2D eigenvalue weighted by molar-refractivity contribution is 0.0700. The third-order valence-corrected chi connectivity index (χ3v) is 10.1. The molecule has 3 aliphatic rings. The molecule has 3 unspecified atom stereocenters. The van der Waals surface area contributed by atoms with Gasteiger partial charge < -0.3 is 29.8 Å². The Hall–Kier alpha value is -4.70. The minimum Gasteiger partial charge on any atom is -0.494 e. The number of likely N-dealkylation sites (tertiary alicyclic amines) is 1. The number of hydrogen-bond acceptors (Lipinski definition) is 6. The van der Waals surface area contributed by atoms with Crippen molar-refractivity contribution >= 4 is 33.9 Å². The van der Waals surface area contributed by atoms with Crippen LogP contribution in [-0.4, -0.2) is 68.6 Å². The van der Waals surface area contributed by atoms with Gasteiger partial charge >= 0.3 is 0 Å². The molecule has 230 valence electrons. The van der Waals surface area contributed by atoms with Gasteiger partial charge in [-0.3, -0.25) is 9.59 Å². The van der Waals surface area contributed by atoms with Gasteiger partial charge in [-0.1, -0.05) is 12.1 Å². The highest BCUT2D eigenvalue weighted by Crippen LogP contribution is 2.40. The fourth-order valence-corrected chi connectivity index (χ4v) is 7.45. The topological polar surface area (TPSA) is 120 Å². The quantitative estimate of drug-likeness (QED) is 0.281. The van der Waals surface area contributed by atoms with E-state index in [0.29, 0.717) is 40.8 Å². The van der Waals surface area contributed by atoms with Crippen molar-refractivity contribution < 1.29 is 14.3 Å². The van der Waals surface area contributed by atoms with Gasteiger partial charge in [0.15, 0.2) is 5.82 Å². The molecule has 3 fully saturated rings. The van der Waals surface area contributed by atoms with E-state index in [1.165, 1.54) is 12.8 Å². The Bertz CT molecular complexity index is 2010. The van der Waals surface area contributed by atoms with Crippen LogP contribution in [0.5, 0.6) is 5.75 Å². The lowest BCUT2D eigenvalue weighted by Gasteiger charge is -2.27. The van der Waals surface area contributed by atoms with Gasteiger partial charge in [-0.15, -0.1) is 0 Å². The number of nitrogens with zero attached hydrogens (tertiary/aromatic N) is 5. The Kier molecular flexibility index (Phi) is 6.46. The SMILES string of the molecule is CNC(=O)c1cccc(-c2ccc3cc(-c4nc5cc(C(=O)N6CC7CCC6C7N)cc(OC)c5n4C)n(CC4CC4)c3n2)c1. The van der Waals surface area contributed by atoms with Gasteiger partial charge in [-0.2, -0.15) is 0 Å². The summed E-state index contributed by atoms with van der Waals surface area (Å²) in [4.78, 5) is 38.2. The zero-order valence-electron chi connectivity index (χ0n) is 25.8. The first-order valence-electron chi connectivity index (χ1n) is 15.8. The van der Waals surface area contributed by atoms with Gasteiger partial charge in [-0.25, -0.2) is 9.97 Å². The van der Waals surface area contributed by atoms with Crippen LogP contribution in [-0.2, 0) is 13.6 Å². The van der Waals surface area contributed by atoms with Gasteiger partial charge in [0.2, 0.25) is 0 Å². The number of aryl methyl sites for hydroxylation is 1. The van der Waals surface area contributed by atoms with E-state index in [1.54, 1.807) is 20.2 Å². The molecule has 2 amide bonds. The summed E-state index contributed by atoms with van der Waals surface area (Å²) in [5.74, 6) is 2.25. The Morgan fingerprint density at radius 3 is 2.58 bits per heavy atom. The number of fused-ring (bicyclic) bond motifs is 4. The molecular formula is C35H37N7O3. The first kappa shape index (κ1) is 27.8. The number of carbonyl (C=O) groups excluding carboxylic acids is 2. The third-order valence-electron chi connectivity index (χ3n) is 10.1. The number of benzene rings is 2. The molecule has 3 atom stereocenters. The molecule has 10 heteroatoms. The van der Waals surface area contributed by atoms with E-state index in [2.05, 4.69) is 26.6 Å². The number of ether oxygens (including phenoxy) is 1. The standard InChI is InChI=1S/C35H37N7O3/c1-37-34(43)22-6-4-5-20(13-22)25-11-9-21-15-28(41(32(21)38-25)17-19-7-8-19)33-39-26-14-24(16-29(45-3)31(26)40(33)2)35(44)42-18-23-10-12-27(42)30(23)36/h4-6,9,11,13-16,19,23,27,30H,7-8,10,12,17-18,36H2,1-3H3,(H,37,43). The van der Waals surface area contributed by atoms with Crippen molar-refractivity contribution in [2.75, 3.05) is 20.7 Å². The molecule has 1 aliphatic heterocycles. The number of rotatable bonds is 7. The summed E-state index contributed by atoms with van der Waals surface area (Å²) in [6, 6.07) is 17.7. The molecule has 10 nitrogen and oxygen atoms in total. The zero-order chi connectivity index (χ0) is 31.0. The first-order valence-corrected chi connectivity index (χ1v) is 15.8. The summed E-state index contributed by atoms with van der Waals surface area (Å²) in [6.45, 7) is 1.56. The Labute approximate surface area is 261 Å². The number of imidazole rings is 1. The summed E-state index contributed by atoms with van der Waals surface area (Å²) in [6.07, 6.45) is 4.44. The molecular weight excluding hydrogens is 566 g/mol. The number of nitrogens with one attached hydrogen (secondary N) is 1. The first-order chi connectivity index (χ1) is 21.8. The molecule has 2 bridgehead atoms. The van der Waals surface area contributed by atoms with E-state index in [1.807, 2.05) is 48.3 Å². The summed E-state index contributed by atoms with van der Waals surface area (Å²) < 4.78 is 10.2. The molecule has 2 aromatic carbocycles. The van der Waals surface area contributed by atoms with Gasteiger partial charge in [0, 0.05) is 61.3 Å². The molecule has 2 aliphatic carbocycles. The average Bonchev–Trinajstić information content (AvgIpc) is 3.47. The molecule has 5 aromatic rings. The van der Waals surface area contributed by atoms with Crippen LogP contribution in [0.15, 0.2) is 54.6 Å². The third kappa shape index (κ3) is 4.49. The lowest BCUT2D eigenvalue weighted by atomic mass is 10.1. The Morgan fingerprint density at radius 1 is 1.02 bits per heavy atom. The smallest absolute Gasteiger partial charge is 0.254 e. The molecule has 1 saturated heterocycles. The maximum atomic E-state index is 13.7. The van der Waals surface area contributed by atoms with Gasteiger partial charge in [0.25, 0.3) is 11.8 Å². The highest BCUT2D eigenvalue weighted by molar-refractivity contribution is 6.00. The number of amides is 2. The molecule has 3 N–H and O–H groups in total. The Morgan fingerprint density at radius 2 is 1.87 bits per heavy atom. The molecule has 0 spiro atoms. The fourth-order valence-electron chi connectivity index (χ4n) is 7.45. The number of aromatic nitrogens is 4. The second-order valence-electron chi connectivity index (χ2n) is 12.8. The van der Waals surface area contributed by atoms with Crippen molar-refractivity contribution in [2.45, 2.75) is 44.3 Å². The van der Waals surface area contributed by atoms with Gasteiger partial charge in [0.05, 0.1) is 24.0 Å². The number of pyridine rings is 1. The van der Waals surface area contributed by atoms with Crippen LogP contribution in [0.3, 0.4) is 0 Å². The van der Waals surface area contributed by atoms with Crippen LogP contribution in [0, 0.1) is 11.8 Å². The van der Waals surface area contributed by atoms with Crippen LogP contribution < -0.4 is 15.8 Å². The van der Waals surface area contributed by atoms with Crippen molar-refractivity contribution in [3.8, 4) is 28.5 Å². The fraction of sp³-hybridized carbons (Fsp3) is 0.371. The van der Waals surface area contributed by atoms with Crippen LogP contribution in [0.25, 0.3) is 44.8 Å². The van der Waals surface area contributed by atoms with Gasteiger partial charge in [-0.05, 0) is 80.0 Å². The predicted molar refractivity (Wildman–Crippen MR) is 173 cm³/mol. The van der Waals surface area contributed by atoms with Crippen molar-refractivity contribution in [3.63, 3.8) is 0 Å². The molecule has 4 heterocycles. The van der Waals surface area contributed by atoms with E-state index in [9.17, 15) is 9.59 Å².